The molecule has 9 nitrogen and oxygen atoms in total. The summed E-state index contributed by atoms with van der Waals surface area (Å²) in [4.78, 5) is 23.8. The standard InChI is InChI=1S/C24H22Cl2N4O5S/c1-2-3-10-35-24(32)15-30(36(33,34)20-13-17(25)12-18(26)14-20)19-4-5-21-16(11-19)8-9-29(21)22-6-7-23(31)28-27-22/h4-9,11-14H,2-3,10,15H2,1H3,(H,28,31). The highest BCUT2D eigenvalue weighted by Crippen LogP contribution is 2.31. The molecule has 0 atom stereocenters. The summed E-state index contributed by atoms with van der Waals surface area (Å²) < 4.78 is 35.2. The van der Waals surface area contributed by atoms with Crippen LogP contribution in [0.5, 0.6) is 0 Å². The molecule has 0 saturated carbocycles. The molecule has 2 aromatic carbocycles. The maximum atomic E-state index is 13.6. The van der Waals surface area contributed by atoms with Gasteiger partial charge in [-0.3, -0.25) is 18.5 Å². The zero-order chi connectivity index (χ0) is 25.9. The number of halogens is 2. The van der Waals surface area contributed by atoms with Crippen molar-refractivity contribution in [2.45, 2.75) is 24.7 Å². The first kappa shape index (κ1) is 25.7. The van der Waals surface area contributed by atoms with E-state index in [0.717, 1.165) is 10.7 Å². The van der Waals surface area contributed by atoms with E-state index in [2.05, 4.69) is 10.2 Å². The highest BCUT2D eigenvalue weighted by molar-refractivity contribution is 7.92. The number of sulfonamides is 1. The lowest BCUT2D eigenvalue weighted by Crippen LogP contribution is -2.36. The molecule has 0 aliphatic heterocycles. The molecule has 0 aliphatic carbocycles. The van der Waals surface area contributed by atoms with Crippen LogP contribution in [0.4, 0.5) is 5.69 Å². The molecule has 0 bridgehead atoms. The van der Waals surface area contributed by atoms with Gasteiger partial charge in [-0.15, -0.1) is 0 Å². The monoisotopic (exact) mass is 548 g/mol. The van der Waals surface area contributed by atoms with Gasteiger partial charge in [0.1, 0.15) is 6.54 Å². The third-order valence-electron chi connectivity index (χ3n) is 5.33. The van der Waals surface area contributed by atoms with Crippen molar-refractivity contribution in [1.29, 1.82) is 0 Å². The third kappa shape index (κ3) is 5.56. The van der Waals surface area contributed by atoms with Gasteiger partial charge in [0.05, 0.1) is 22.7 Å². The number of ether oxygens (including phenoxy) is 1. The van der Waals surface area contributed by atoms with E-state index in [1.165, 1.54) is 24.3 Å². The number of carbonyl (C=O) groups is 1. The minimum atomic E-state index is -4.24. The highest BCUT2D eigenvalue weighted by atomic mass is 35.5. The summed E-state index contributed by atoms with van der Waals surface area (Å²) >= 11 is 12.1. The second-order valence-corrected chi connectivity index (χ2v) is 10.6. The van der Waals surface area contributed by atoms with Crippen molar-refractivity contribution in [3.8, 4) is 5.82 Å². The molecule has 2 aromatic heterocycles. The summed E-state index contributed by atoms with van der Waals surface area (Å²) in [7, 11) is -4.24. The first-order valence-corrected chi connectivity index (χ1v) is 13.2. The summed E-state index contributed by atoms with van der Waals surface area (Å²) in [5, 5.41) is 7.39. The van der Waals surface area contributed by atoms with Crippen LogP contribution in [-0.4, -0.2) is 42.3 Å². The molecule has 0 spiro atoms. The van der Waals surface area contributed by atoms with E-state index in [4.69, 9.17) is 27.9 Å². The van der Waals surface area contributed by atoms with Crippen LogP contribution in [0.1, 0.15) is 19.8 Å². The smallest absolute Gasteiger partial charge is 0.326 e. The lowest BCUT2D eigenvalue weighted by molar-refractivity contribution is -0.141. The number of nitrogens with zero attached hydrogens (tertiary/aromatic N) is 3. The Hall–Kier alpha value is -3.34. The van der Waals surface area contributed by atoms with E-state index >= 15 is 0 Å². The van der Waals surface area contributed by atoms with Crippen LogP contribution < -0.4 is 9.86 Å². The number of nitrogens with one attached hydrogen (secondary N) is 1. The Morgan fingerprint density at radius 2 is 1.83 bits per heavy atom. The molecule has 0 radical (unpaired) electrons. The molecule has 0 fully saturated rings. The highest BCUT2D eigenvalue weighted by Gasteiger charge is 2.29. The third-order valence-corrected chi connectivity index (χ3v) is 7.52. The Balaban J connectivity index is 1.76. The first-order chi connectivity index (χ1) is 17.2. The van der Waals surface area contributed by atoms with Crippen LogP contribution in [0.25, 0.3) is 16.7 Å². The Bertz CT molecular complexity index is 1540. The van der Waals surface area contributed by atoms with Crippen LogP contribution in [0, 0.1) is 0 Å². The van der Waals surface area contributed by atoms with E-state index in [1.54, 1.807) is 41.1 Å². The fraction of sp³-hybridized carbons (Fsp3) is 0.208. The minimum absolute atomic E-state index is 0.146. The van der Waals surface area contributed by atoms with Crippen LogP contribution in [0.3, 0.4) is 0 Å². The maximum Gasteiger partial charge on any atom is 0.326 e. The van der Waals surface area contributed by atoms with Crippen molar-refractivity contribution in [3.63, 3.8) is 0 Å². The number of benzene rings is 2. The molecule has 0 saturated heterocycles. The number of aromatic nitrogens is 3. The predicted molar refractivity (Wildman–Crippen MR) is 139 cm³/mol. The zero-order valence-corrected chi connectivity index (χ0v) is 21.5. The van der Waals surface area contributed by atoms with Gasteiger partial charge < -0.3 is 4.74 Å². The summed E-state index contributed by atoms with van der Waals surface area (Å²) in [6.45, 7) is 1.61. The van der Waals surface area contributed by atoms with Gasteiger partial charge in [-0.1, -0.05) is 36.5 Å². The summed E-state index contributed by atoms with van der Waals surface area (Å²) in [6.07, 6.45) is 3.23. The number of rotatable bonds is 9. The normalized spacial score (nSPS) is 11.5. The van der Waals surface area contributed by atoms with Gasteiger partial charge in [-0.05, 0) is 55.0 Å². The van der Waals surface area contributed by atoms with Crippen LogP contribution in [0.15, 0.2) is 70.5 Å². The number of unbranched alkanes of at least 4 members (excludes halogenated alkanes) is 1. The molecular weight excluding hydrogens is 527 g/mol. The minimum Gasteiger partial charge on any atom is -0.464 e. The SMILES string of the molecule is CCCCOC(=O)CN(c1ccc2c(ccn2-c2ccc(=O)[nH]n2)c1)S(=O)(=O)c1cc(Cl)cc(Cl)c1. The topological polar surface area (TPSA) is 114 Å². The van der Waals surface area contributed by atoms with Gasteiger partial charge >= 0.3 is 5.97 Å². The van der Waals surface area contributed by atoms with Crippen molar-refractivity contribution in [3.05, 3.63) is 81.2 Å². The first-order valence-electron chi connectivity index (χ1n) is 11.0. The van der Waals surface area contributed by atoms with Gasteiger partial charge in [-0.2, -0.15) is 5.10 Å². The number of hydrogen-bond acceptors (Lipinski definition) is 6. The molecule has 4 rings (SSSR count). The van der Waals surface area contributed by atoms with Crippen molar-refractivity contribution < 1.29 is 17.9 Å². The largest absolute Gasteiger partial charge is 0.464 e. The predicted octanol–water partition coefficient (Wildman–Crippen LogP) is 4.56. The lowest BCUT2D eigenvalue weighted by atomic mass is 10.2. The van der Waals surface area contributed by atoms with E-state index in [0.29, 0.717) is 23.1 Å². The summed E-state index contributed by atoms with van der Waals surface area (Å²) in [5.41, 5.74) is 0.635. The lowest BCUT2D eigenvalue weighted by Gasteiger charge is -2.24. The number of aromatic amines is 1. The van der Waals surface area contributed by atoms with Gasteiger partial charge in [-0.25, -0.2) is 13.5 Å². The number of esters is 1. The quantitative estimate of drug-likeness (QED) is 0.242. The Labute approximate surface area is 217 Å². The molecular formula is C24H22Cl2N4O5S. The van der Waals surface area contributed by atoms with Crippen LogP contribution in [-0.2, 0) is 19.6 Å². The second-order valence-electron chi connectivity index (χ2n) is 7.90. The van der Waals surface area contributed by atoms with Gasteiger partial charge in [0.2, 0.25) is 0 Å². The van der Waals surface area contributed by atoms with Crippen molar-refractivity contribution in [2.75, 3.05) is 17.5 Å². The van der Waals surface area contributed by atoms with E-state index in [-0.39, 0.29) is 32.8 Å². The average molecular weight is 549 g/mol. The Morgan fingerprint density at radius 3 is 2.50 bits per heavy atom. The Kier molecular flexibility index (Phi) is 7.67. The van der Waals surface area contributed by atoms with E-state index in [1.807, 2.05) is 6.92 Å². The van der Waals surface area contributed by atoms with Crippen molar-refractivity contribution >= 4 is 55.8 Å². The van der Waals surface area contributed by atoms with E-state index < -0.39 is 22.5 Å². The van der Waals surface area contributed by atoms with Crippen molar-refractivity contribution in [1.82, 2.24) is 14.8 Å². The number of hydrogen-bond donors (Lipinski definition) is 1. The fourth-order valence-corrected chi connectivity index (χ4v) is 5.70. The number of carbonyl (C=O) groups excluding carboxylic acids is 1. The summed E-state index contributed by atoms with van der Waals surface area (Å²) in [6, 6.07) is 13.6. The van der Waals surface area contributed by atoms with Gasteiger partial charge in [0.15, 0.2) is 5.82 Å². The number of anilines is 1. The van der Waals surface area contributed by atoms with Crippen LogP contribution in [0.2, 0.25) is 10.0 Å². The van der Waals surface area contributed by atoms with Crippen LogP contribution >= 0.6 is 23.2 Å². The molecule has 1 N–H and O–H groups in total. The summed E-state index contributed by atoms with van der Waals surface area (Å²) in [5.74, 6) is -0.204. The zero-order valence-electron chi connectivity index (χ0n) is 19.1. The molecule has 0 amide bonds. The fourth-order valence-electron chi connectivity index (χ4n) is 3.57. The molecule has 0 unspecified atom stereocenters. The number of H-pyrrole nitrogens is 1. The molecule has 188 valence electrons. The second kappa shape index (κ2) is 10.7. The molecule has 0 aliphatic rings. The van der Waals surface area contributed by atoms with Crippen molar-refractivity contribution in [2.24, 2.45) is 0 Å². The molecule has 36 heavy (non-hydrogen) atoms. The molecule has 12 heteroatoms. The average Bonchev–Trinajstić information content (AvgIpc) is 3.26. The Morgan fingerprint density at radius 1 is 1.08 bits per heavy atom. The van der Waals surface area contributed by atoms with E-state index in [9.17, 15) is 18.0 Å². The maximum absolute atomic E-state index is 13.6. The molecule has 4 aromatic rings. The number of fused-ring (bicyclic) bond motifs is 1. The van der Waals surface area contributed by atoms with Gasteiger partial charge in [0, 0.05) is 27.7 Å². The molecule has 2 heterocycles. The van der Waals surface area contributed by atoms with Gasteiger partial charge in [0.25, 0.3) is 15.6 Å².